The van der Waals surface area contributed by atoms with Crippen molar-refractivity contribution >= 4 is 50.0 Å². The minimum Gasteiger partial charge on any atom is -0.274 e. The van der Waals surface area contributed by atoms with Gasteiger partial charge in [-0.3, -0.25) is 23.7 Å². The molecular weight excluding hydrogens is 478 g/mol. The topological polar surface area (TPSA) is 119 Å². The van der Waals surface area contributed by atoms with Gasteiger partial charge in [0.2, 0.25) is 0 Å². The van der Waals surface area contributed by atoms with Crippen molar-refractivity contribution in [2.75, 3.05) is 6.54 Å². The van der Waals surface area contributed by atoms with Gasteiger partial charge in [0.1, 0.15) is 17.8 Å². The van der Waals surface area contributed by atoms with E-state index in [4.69, 9.17) is 0 Å². The molecule has 0 saturated heterocycles. The van der Waals surface area contributed by atoms with Crippen LogP contribution in [0.5, 0.6) is 0 Å². The highest BCUT2D eigenvalue weighted by Crippen LogP contribution is 2.37. The van der Waals surface area contributed by atoms with Gasteiger partial charge >= 0.3 is 0 Å². The van der Waals surface area contributed by atoms with Crippen LogP contribution in [0.25, 0.3) is 38.2 Å². The minimum atomic E-state index is -0.360. The van der Waals surface area contributed by atoms with Crippen LogP contribution in [0.2, 0.25) is 0 Å². The number of nitrogens with zero attached hydrogens (tertiary/aromatic N) is 5. The number of pyridine rings is 1. The minimum absolute atomic E-state index is 0.160. The Bertz CT molecular complexity index is 1940. The lowest BCUT2D eigenvalue weighted by Crippen LogP contribution is -2.41. The monoisotopic (exact) mass is 501 g/mol. The first-order valence-electron chi connectivity index (χ1n) is 12.9. The number of hydrogen-bond donors (Lipinski definition) is 0. The summed E-state index contributed by atoms with van der Waals surface area (Å²) in [5.74, 6) is -0.688. The van der Waals surface area contributed by atoms with E-state index in [1.54, 1.807) is 24.3 Å². The molecule has 3 heterocycles. The number of benzene rings is 3. The molecule has 0 spiro atoms. The molecule has 0 atom stereocenters. The molecule has 0 saturated carbocycles. The molecule has 0 bridgehead atoms. The maximum absolute atomic E-state index is 13.7. The third kappa shape index (κ3) is 3.27. The second kappa shape index (κ2) is 8.93. The van der Waals surface area contributed by atoms with Crippen molar-refractivity contribution < 1.29 is 9.59 Å². The number of imide groups is 1. The van der Waals surface area contributed by atoms with Crippen LogP contribution in [0, 0.1) is 22.7 Å². The second-order valence-electron chi connectivity index (χ2n) is 9.79. The molecule has 2 amide bonds. The van der Waals surface area contributed by atoms with Crippen LogP contribution in [0.1, 0.15) is 77.3 Å². The van der Waals surface area contributed by atoms with Crippen LogP contribution >= 0.6 is 0 Å². The highest BCUT2D eigenvalue weighted by molar-refractivity contribution is 6.31. The van der Waals surface area contributed by atoms with E-state index in [9.17, 15) is 24.9 Å². The number of hydrogen-bond acceptors (Lipinski definition) is 6. The molecule has 8 nitrogen and oxygen atoms in total. The van der Waals surface area contributed by atoms with E-state index < -0.39 is 0 Å². The summed E-state index contributed by atoms with van der Waals surface area (Å²) in [5, 5.41) is 20.9. The fraction of sp³-hybridized carbons (Fsp3) is 0.267. The Morgan fingerprint density at radius 2 is 1.42 bits per heavy atom. The zero-order valence-corrected chi connectivity index (χ0v) is 20.9. The molecule has 1 aliphatic heterocycles. The predicted molar refractivity (Wildman–Crippen MR) is 143 cm³/mol. The van der Waals surface area contributed by atoms with Gasteiger partial charge in [0.15, 0.2) is 0 Å². The summed E-state index contributed by atoms with van der Waals surface area (Å²) < 4.78 is 1.44. The molecule has 6 rings (SSSR count). The summed E-state index contributed by atoms with van der Waals surface area (Å²) in [7, 11) is 0. The fourth-order valence-electron chi connectivity index (χ4n) is 5.67. The number of fused-ring (bicyclic) bond motifs is 4. The van der Waals surface area contributed by atoms with E-state index in [0.29, 0.717) is 55.9 Å². The largest absolute Gasteiger partial charge is 0.274 e. The van der Waals surface area contributed by atoms with Crippen molar-refractivity contribution in [3.05, 3.63) is 69.0 Å². The molecule has 0 fully saturated rings. The number of nitriles is 2. The van der Waals surface area contributed by atoms with E-state index in [0.717, 1.165) is 32.1 Å². The molecule has 0 unspecified atom stereocenters. The number of imidazole rings is 1. The first kappa shape index (κ1) is 23.6. The van der Waals surface area contributed by atoms with Gasteiger partial charge in [0.25, 0.3) is 17.4 Å². The molecule has 3 aromatic carbocycles. The molecule has 186 valence electrons. The van der Waals surface area contributed by atoms with E-state index in [-0.39, 0.29) is 28.5 Å². The van der Waals surface area contributed by atoms with Crippen LogP contribution < -0.4 is 5.56 Å². The highest BCUT2D eigenvalue weighted by atomic mass is 16.2. The average Bonchev–Trinajstić information content (AvgIpc) is 3.31. The predicted octanol–water partition coefficient (Wildman–Crippen LogP) is 5.29. The van der Waals surface area contributed by atoms with Crippen molar-refractivity contribution in [1.82, 2.24) is 14.3 Å². The van der Waals surface area contributed by atoms with E-state index in [1.165, 1.54) is 27.9 Å². The molecule has 5 aromatic rings. The lowest BCUT2D eigenvalue weighted by Gasteiger charge is -2.28. The first-order chi connectivity index (χ1) is 18.5. The summed E-state index contributed by atoms with van der Waals surface area (Å²) in [6.45, 7) is 2.53. The molecule has 38 heavy (non-hydrogen) atoms. The fourth-order valence-corrected chi connectivity index (χ4v) is 5.67. The third-order valence-corrected chi connectivity index (χ3v) is 7.56. The summed E-state index contributed by atoms with van der Waals surface area (Å²) in [6, 6.07) is 13.7. The summed E-state index contributed by atoms with van der Waals surface area (Å²) >= 11 is 0. The van der Waals surface area contributed by atoms with Gasteiger partial charge in [-0.05, 0) is 42.8 Å². The van der Waals surface area contributed by atoms with Gasteiger partial charge in [-0.2, -0.15) is 10.5 Å². The van der Waals surface area contributed by atoms with Gasteiger partial charge in [0.05, 0.1) is 22.2 Å². The van der Waals surface area contributed by atoms with Crippen molar-refractivity contribution in [2.24, 2.45) is 0 Å². The second-order valence-corrected chi connectivity index (χ2v) is 9.79. The Morgan fingerprint density at radius 1 is 0.789 bits per heavy atom. The molecule has 8 heteroatoms. The normalized spacial score (nSPS) is 13.2. The molecule has 0 N–H and O–H groups in total. The molecule has 0 aliphatic carbocycles. The molecule has 0 radical (unpaired) electrons. The van der Waals surface area contributed by atoms with Gasteiger partial charge in [0, 0.05) is 39.2 Å². The number of carbonyl (C=O) groups is 2. The molecule has 1 aliphatic rings. The van der Waals surface area contributed by atoms with Crippen LogP contribution in [-0.4, -0.2) is 32.6 Å². The Morgan fingerprint density at radius 3 is 2.11 bits per heavy atom. The first-order valence-corrected chi connectivity index (χ1v) is 12.9. The number of rotatable bonds is 7. The Labute approximate surface area is 217 Å². The van der Waals surface area contributed by atoms with Gasteiger partial charge in [-0.25, -0.2) is 4.98 Å². The van der Waals surface area contributed by atoms with Gasteiger partial charge < -0.3 is 0 Å². The summed E-state index contributed by atoms with van der Waals surface area (Å²) in [4.78, 5) is 46.6. The lowest BCUT2D eigenvalue weighted by molar-refractivity contribution is 0.0608. The zero-order valence-electron chi connectivity index (χ0n) is 20.9. The summed E-state index contributed by atoms with van der Waals surface area (Å²) in [5.41, 5.74) is 1.99. The molecular formula is C30H23N5O3. The zero-order chi connectivity index (χ0) is 26.6. The number of carbonyl (C=O) groups excluding carboxylic acids is 2. The van der Waals surface area contributed by atoms with Gasteiger partial charge in [-0.15, -0.1) is 0 Å². The highest BCUT2D eigenvalue weighted by Gasteiger charge is 2.34. The maximum atomic E-state index is 13.7. The van der Waals surface area contributed by atoms with E-state index in [1.807, 2.05) is 12.1 Å². The van der Waals surface area contributed by atoms with Crippen molar-refractivity contribution in [1.29, 1.82) is 10.5 Å². The average molecular weight is 502 g/mol. The third-order valence-electron chi connectivity index (χ3n) is 7.56. The quantitative estimate of drug-likeness (QED) is 0.221. The van der Waals surface area contributed by atoms with Crippen LogP contribution in [0.3, 0.4) is 0 Å². The Kier molecular flexibility index (Phi) is 5.54. The SMILES string of the molecule is CCCCCCCCN1C(=O)c2ccc3c(=O)n4c5cc(C#N)c(C#N)cc5nc4c4ccc(c2c34)C1=O. The molecule has 2 aromatic heterocycles. The van der Waals surface area contributed by atoms with Crippen molar-refractivity contribution in [3.63, 3.8) is 0 Å². The van der Waals surface area contributed by atoms with E-state index >= 15 is 0 Å². The smallest absolute Gasteiger partial charge is 0.264 e. The van der Waals surface area contributed by atoms with Crippen LogP contribution in [0.15, 0.2) is 41.2 Å². The van der Waals surface area contributed by atoms with E-state index in [2.05, 4.69) is 11.9 Å². The Hall–Kier alpha value is -4.82. The van der Waals surface area contributed by atoms with Crippen molar-refractivity contribution in [3.8, 4) is 12.1 Å². The standard InChI is InChI=1S/C30H23N5O3/c1-2-3-4-5-6-7-12-34-28(36)20-9-8-19-25-22(11-10-21(26(20)25)29(34)37)30(38)35-24-14-18(16-32)17(15-31)13-23(24)33-27(19)35/h8-11,13-14H,2-7,12H2,1H3. The van der Waals surface area contributed by atoms with Crippen LogP contribution in [-0.2, 0) is 0 Å². The maximum Gasteiger partial charge on any atom is 0.264 e. The number of amides is 2. The number of unbranched alkanes of at least 4 members (excludes halogenated alkanes) is 5. The lowest BCUT2D eigenvalue weighted by atomic mass is 9.90. The number of aromatic nitrogens is 2. The van der Waals surface area contributed by atoms with Crippen molar-refractivity contribution in [2.45, 2.75) is 45.4 Å². The Balaban J connectivity index is 1.52. The summed E-state index contributed by atoms with van der Waals surface area (Å²) in [6.07, 6.45) is 6.30. The van der Waals surface area contributed by atoms with Gasteiger partial charge in [-0.1, -0.05) is 39.0 Å². The van der Waals surface area contributed by atoms with Crippen LogP contribution in [0.4, 0.5) is 0 Å².